The number of carbonyl (C=O) groups excluding carboxylic acids is 1. The van der Waals surface area contributed by atoms with Crippen LogP contribution < -0.4 is 4.74 Å². The Bertz CT molecular complexity index is 445. The summed E-state index contributed by atoms with van der Waals surface area (Å²) >= 11 is 0. The van der Waals surface area contributed by atoms with Crippen molar-refractivity contribution in [3.63, 3.8) is 0 Å². The number of nitrogens with zero attached hydrogens (tertiary/aromatic N) is 1. The molecule has 0 radical (unpaired) electrons. The maximum Gasteiger partial charge on any atom is 0.257 e. The third kappa shape index (κ3) is 2.48. The van der Waals surface area contributed by atoms with Gasteiger partial charge in [0.2, 0.25) is 0 Å². The second-order valence-corrected chi connectivity index (χ2v) is 4.79. The minimum atomic E-state index is -0.00787. The highest BCUT2D eigenvalue weighted by Gasteiger charge is 2.27. The minimum Gasteiger partial charge on any atom is -0.496 e. The van der Waals surface area contributed by atoms with Gasteiger partial charge in [0.15, 0.2) is 0 Å². The molecular formula is C14H19NO3. The van der Waals surface area contributed by atoms with Crippen LogP contribution in [-0.4, -0.2) is 42.7 Å². The number of benzene rings is 1. The molecule has 1 aromatic rings. The summed E-state index contributed by atoms with van der Waals surface area (Å²) in [5.41, 5.74) is 1.65. The van der Waals surface area contributed by atoms with E-state index in [1.807, 2.05) is 25.1 Å². The summed E-state index contributed by atoms with van der Waals surface area (Å²) in [6.45, 7) is 3.44. The molecule has 1 aliphatic rings. The van der Waals surface area contributed by atoms with E-state index in [1.54, 1.807) is 12.0 Å². The van der Waals surface area contributed by atoms with Gasteiger partial charge in [0, 0.05) is 25.6 Å². The van der Waals surface area contributed by atoms with Gasteiger partial charge in [-0.15, -0.1) is 0 Å². The lowest BCUT2D eigenvalue weighted by Gasteiger charge is -2.18. The van der Waals surface area contributed by atoms with Crippen molar-refractivity contribution in [1.29, 1.82) is 0 Å². The lowest BCUT2D eigenvalue weighted by atomic mass is 10.1. The van der Waals surface area contributed by atoms with Crippen molar-refractivity contribution in [2.24, 2.45) is 5.92 Å². The fourth-order valence-corrected chi connectivity index (χ4v) is 2.33. The van der Waals surface area contributed by atoms with Crippen LogP contribution in [0.5, 0.6) is 5.75 Å². The molecule has 2 rings (SSSR count). The van der Waals surface area contributed by atoms with Gasteiger partial charge < -0.3 is 14.7 Å². The van der Waals surface area contributed by atoms with Gasteiger partial charge in [0.25, 0.3) is 5.91 Å². The molecule has 1 fully saturated rings. The van der Waals surface area contributed by atoms with Crippen molar-refractivity contribution < 1.29 is 14.6 Å². The van der Waals surface area contributed by atoms with Gasteiger partial charge in [-0.1, -0.05) is 11.6 Å². The summed E-state index contributed by atoms with van der Waals surface area (Å²) in [7, 11) is 1.57. The molecule has 0 aromatic heterocycles. The molecule has 1 unspecified atom stereocenters. The van der Waals surface area contributed by atoms with E-state index in [-0.39, 0.29) is 18.4 Å². The summed E-state index contributed by atoms with van der Waals surface area (Å²) in [5.74, 6) is 0.814. The Morgan fingerprint density at radius 3 is 2.94 bits per heavy atom. The first-order chi connectivity index (χ1) is 8.65. The van der Waals surface area contributed by atoms with E-state index in [2.05, 4.69) is 0 Å². The van der Waals surface area contributed by atoms with Crippen molar-refractivity contribution in [3.05, 3.63) is 29.3 Å². The van der Waals surface area contributed by atoms with E-state index in [0.29, 0.717) is 24.4 Å². The van der Waals surface area contributed by atoms with Crippen LogP contribution in [0.2, 0.25) is 0 Å². The highest BCUT2D eigenvalue weighted by atomic mass is 16.5. The maximum atomic E-state index is 12.4. The summed E-state index contributed by atoms with van der Waals surface area (Å²) < 4.78 is 5.24. The monoisotopic (exact) mass is 249 g/mol. The molecule has 0 aliphatic carbocycles. The Balaban J connectivity index is 2.21. The van der Waals surface area contributed by atoms with Crippen molar-refractivity contribution in [2.45, 2.75) is 13.3 Å². The lowest BCUT2D eigenvalue weighted by Crippen LogP contribution is -2.29. The largest absolute Gasteiger partial charge is 0.496 e. The molecule has 1 aromatic carbocycles. The quantitative estimate of drug-likeness (QED) is 0.882. The van der Waals surface area contributed by atoms with E-state index in [4.69, 9.17) is 9.84 Å². The van der Waals surface area contributed by atoms with Crippen LogP contribution in [-0.2, 0) is 0 Å². The Hall–Kier alpha value is -1.55. The van der Waals surface area contributed by atoms with Gasteiger partial charge in [0.05, 0.1) is 12.7 Å². The fourth-order valence-electron chi connectivity index (χ4n) is 2.33. The molecule has 1 N–H and O–H groups in total. The molecule has 98 valence electrons. The smallest absolute Gasteiger partial charge is 0.257 e. The molecule has 4 nitrogen and oxygen atoms in total. The summed E-state index contributed by atoms with van der Waals surface area (Å²) in [6.07, 6.45) is 0.871. The molecule has 1 atom stereocenters. The Morgan fingerprint density at radius 1 is 1.56 bits per heavy atom. The van der Waals surface area contributed by atoms with E-state index >= 15 is 0 Å². The summed E-state index contributed by atoms with van der Waals surface area (Å²) in [4.78, 5) is 14.2. The van der Waals surface area contributed by atoms with Crippen LogP contribution in [0.3, 0.4) is 0 Å². The molecule has 0 bridgehead atoms. The Labute approximate surface area is 107 Å². The molecule has 0 spiro atoms. The molecule has 18 heavy (non-hydrogen) atoms. The van der Waals surface area contributed by atoms with E-state index in [1.165, 1.54) is 0 Å². The number of aliphatic hydroxyl groups is 1. The van der Waals surface area contributed by atoms with Crippen LogP contribution in [0.15, 0.2) is 18.2 Å². The van der Waals surface area contributed by atoms with Crippen molar-refractivity contribution in [3.8, 4) is 5.75 Å². The highest BCUT2D eigenvalue weighted by molar-refractivity contribution is 5.97. The number of hydrogen-bond donors (Lipinski definition) is 1. The predicted molar refractivity (Wildman–Crippen MR) is 68.8 cm³/mol. The standard InChI is InChI=1S/C14H19NO3/c1-10-3-4-13(18-2)12(7-10)14(17)15-6-5-11(8-15)9-16/h3-4,7,11,16H,5-6,8-9H2,1-2H3. The van der Waals surface area contributed by atoms with Crippen LogP contribution in [0, 0.1) is 12.8 Å². The van der Waals surface area contributed by atoms with Gasteiger partial charge in [-0.2, -0.15) is 0 Å². The minimum absolute atomic E-state index is 0.00787. The molecule has 1 aliphatic heterocycles. The van der Waals surface area contributed by atoms with E-state index < -0.39 is 0 Å². The number of hydrogen-bond acceptors (Lipinski definition) is 3. The number of aryl methyl sites for hydroxylation is 1. The third-order valence-corrected chi connectivity index (χ3v) is 3.42. The van der Waals surface area contributed by atoms with Crippen molar-refractivity contribution in [1.82, 2.24) is 4.90 Å². The molecule has 1 saturated heterocycles. The second-order valence-electron chi connectivity index (χ2n) is 4.79. The Morgan fingerprint density at radius 2 is 2.33 bits per heavy atom. The molecule has 0 saturated carbocycles. The SMILES string of the molecule is COc1ccc(C)cc1C(=O)N1CCC(CO)C1. The fraction of sp³-hybridized carbons (Fsp3) is 0.500. The first-order valence-corrected chi connectivity index (χ1v) is 6.20. The average molecular weight is 249 g/mol. The van der Waals surface area contributed by atoms with Crippen LogP contribution >= 0.6 is 0 Å². The summed E-state index contributed by atoms with van der Waals surface area (Å²) in [6, 6.07) is 5.60. The number of carbonyl (C=O) groups is 1. The lowest BCUT2D eigenvalue weighted by molar-refractivity contribution is 0.0778. The van der Waals surface area contributed by atoms with Gasteiger partial charge >= 0.3 is 0 Å². The van der Waals surface area contributed by atoms with Gasteiger partial charge in [-0.25, -0.2) is 0 Å². The van der Waals surface area contributed by atoms with Crippen molar-refractivity contribution in [2.75, 3.05) is 26.8 Å². The van der Waals surface area contributed by atoms with Gasteiger partial charge in [0.1, 0.15) is 5.75 Å². The predicted octanol–water partition coefficient (Wildman–Crippen LogP) is 1.46. The highest BCUT2D eigenvalue weighted by Crippen LogP contribution is 2.24. The first kappa shape index (κ1) is 12.9. The van der Waals surface area contributed by atoms with E-state index in [0.717, 1.165) is 12.0 Å². The molecule has 4 heteroatoms. The average Bonchev–Trinajstić information content (AvgIpc) is 2.86. The normalized spacial score (nSPS) is 19.1. The number of methoxy groups -OCH3 is 1. The number of amides is 1. The van der Waals surface area contributed by atoms with Gasteiger partial charge in [-0.05, 0) is 25.5 Å². The maximum absolute atomic E-state index is 12.4. The van der Waals surface area contributed by atoms with Crippen molar-refractivity contribution >= 4 is 5.91 Å². The Kier molecular flexibility index (Phi) is 3.87. The van der Waals surface area contributed by atoms with Crippen LogP contribution in [0.1, 0.15) is 22.3 Å². The number of ether oxygens (including phenoxy) is 1. The zero-order valence-corrected chi connectivity index (χ0v) is 10.8. The van der Waals surface area contributed by atoms with Crippen LogP contribution in [0.4, 0.5) is 0 Å². The number of likely N-dealkylation sites (tertiary alicyclic amines) is 1. The summed E-state index contributed by atoms with van der Waals surface area (Å²) in [5, 5.41) is 9.12. The zero-order valence-electron chi connectivity index (χ0n) is 10.8. The third-order valence-electron chi connectivity index (χ3n) is 3.42. The molecular weight excluding hydrogens is 230 g/mol. The topological polar surface area (TPSA) is 49.8 Å². The molecule has 1 heterocycles. The number of rotatable bonds is 3. The molecule has 1 amide bonds. The zero-order chi connectivity index (χ0) is 13.1. The van der Waals surface area contributed by atoms with Gasteiger partial charge in [-0.3, -0.25) is 4.79 Å². The van der Waals surface area contributed by atoms with E-state index in [9.17, 15) is 4.79 Å². The van der Waals surface area contributed by atoms with Crippen LogP contribution in [0.25, 0.3) is 0 Å². The second kappa shape index (κ2) is 5.40. The number of aliphatic hydroxyl groups excluding tert-OH is 1. The first-order valence-electron chi connectivity index (χ1n) is 6.20.